The van der Waals surface area contributed by atoms with E-state index in [1.165, 1.54) is 16.9 Å². The standard InChI is InChI=1S/C18H22N6O2S/c19-15(25)9-13-10-27-18(20-13)21-17(26)11-4-6-24(7-5-11)16-8-12-2-1-3-14(12)22-23-16/h8,10-11H,1-7,9H2,(H2,19,25)(H,20,21,26). The summed E-state index contributed by atoms with van der Waals surface area (Å²) in [5, 5.41) is 13.8. The van der Waals surface area contributed by atoms with Crippen molar-refractivity contribution in [3.05, 3.63) is 28.4 Å². The molecule has 0 aromatic carbocycles. The van der Waals surface area contributed by atoms with E-state index >= 15 is 0 Å². The maximum absolute atomic E-state index is 12.5. The third kappa shape index (κ3) is 4.08. The van der Waals surface area contributed by atoms with Gasteiger partial charge in [-0.05, 0) is 43.7 Å². The second-order valence-corrected chi connectivity index (χ2v) is 7.92. The van der Waals surface area contributed by atoms with Crippen LogP contribution < -0.4 is 16.0 Å². The van der Waals surface area contributed by atoms with Gasteiger partial charge in [0.15, 0.2) is 10.9 Å². The second kappa shape index (κ2) is 7.59. The van der Waals surface area contributed by atoms with Crippen LogP contribution in [0, 0.1) is 5.92 Å². The van der Waals surface area contributed by atoms with Gasteiger partial charge in [0.05, 0.1) is 17.8 Å². The number of primary amides is 1. The summed E-state index contributed by atoms with van der Waals surface area (Å²) in [5.41, 5.74) is 8.20. The van der Waals surface area contributed by atoms with E-state index in [9.17, 15) is 9.59 Å². The lowest BCUT2D eigenvalue weighted by Crippen LogP contribution is -2.38. The molecule has 0 unspecified atom stereocenters. The SMILES string of the molecule is NC(=O)Cc1csc(NC(=O)C2CCN(c3cc4c(nn3)CCC4)CC2)n1. The molecule has 1 aliphatic heterocycles. The first-order chi connectivity index (χ1) is 13.1. The number of nitrogens with zero attached hydrogens (tertiary/aromatic N) is 4. The number of hydrogen-bond donors (Lipinski definition) is 2. The van der Waals surface area contributed by atoms with Crippen LogP contribution in [0.15, 0.2) is 11.4 Å². The Morgan fingerprint density at radius 1 is 1.26 bits per heavy atom. The Hall–Kier alpha value is -2.55. The van der Waals surface area contributed by atoms with Crippen LogP contribution in [0.5, 0.6) is 0 Å². The predicted octanol–water partition coefficient (Wildman–Crippen LogP) is 1.30. The van der Waals surface area contributed by atoms with Gasteiger partial charge in [-0.2, -0.15) is 5.10 Å². The zero-order chi connectivity index (χ0) is 18.8. The minimum atomic E-state index is -0.430. The number of anilines is 2. The highest BCUT2D eigenvalue weighted by atomic mass is 32.1. The molecule has 142 valence electrons. The molecule has 9 heteroatoms. The van der Waals surface area contributed by atoms with E-state index in [-0.39, 0.29) is 18.2 Å². The topological polar surface area (TPSA) is 114 Å². The highest BCUT2D eigenvalue weighted by molar-refractivity contribution is 7.13. The Bertz CT molecular complexity index is 859. The zero-order valence-electron chi connectivity index (χ0n) is 15.0. The lowest BCUT2D eigenvalue weighted by molar-refractivity contribution is -0.120. The molecule has 1 saturated heterocycles. The van der Waals surface area contributed by atoms with Crippen molar-refractivity contribution in [2.75, 3.05) is 23.3 Å². The van der Waals surface area contributed by atoms with Gasteiger partial charge in [-0.1, -0.05) is 0 Å². The van der Waals surface area contributed by atoms with Crippen molar-refractivity contribution in [3.8, 4) is 0 Å². The molecule has 8 nitrogen and oxygen atoms in total. The zero-order valence-corrected chi connectivity index (χ0v) is 15.8. The molecule has 0 bridgehead atoms. The van der Waals surface area contributed by atoms with Crippen LogP contribution in [0.3, 0.4) is 0 Å². The number of hydrogen-bond acceptors (Lipinski definition) is 7. The number of carbonyl (C=O) groups is 2. The molecule has 4 rings (SSSR count). The molecule has 2 aliphatic rings. The number of amides is 2. The fourth-order valence-electron chi connectivity index (χ4n) is 3.67. The molecule has 2 aromatic heterocycles. The minimum absolute atomic E-state index is 0.0188. The Labute approximate surface area is 161 Å². The van der Waals surface area contributed by atoms with Gasteiger partial charge >= 0.3 is 0 Å². The van der Waals surface area contributed by atoms with Crippen LogP contribution in [-0.4, -0.2) is 40.1 Å². The molecule has 3 heterocycles. The van der Waals surface area contributed by atoms with Crippen molar-refractivity contribution >= 4 is 34.1 Å². The number of piperidine rings is 1. The molecule has 0 saturated carbocycles. The van der Waals surface area contributed by atoms with E-state index in [4.69, 9.17) is 5.73 Å². The predicted molar refractivity (Wildman–Crippen MR) is 103 cm³/mol. The maximum Gasteiger partial charge on any atom is 0.229 e. The Morgan fingerprint density at radius 2 is 2.07 bits per heavy atom. The largest absolute Gasteiger partial charge is 0.369 e. The van der Waals surface area contributed by atoms with Crippen LogP contribution in [0.25, 0.3) is 0 Å². The summed E-state index contributed by atoms with van der Waals surface area (Å²) in [6.45, 7) is 1.58. The summed E-state index contributed by atoms with van der Waals surface area (Å²) in [6, 6.07) is 2.16. The lowest BCUT2D eigenvalue weighted by atomic mass is 9.96. The van der Waals surface area contributed by atoms with Gasteiger partial charge in [0.2, 0.25) is 11.8 Å². The summed E-state index contributed by atoms with van der Waals surface area (Å²) in [7, 11) is 0. The number of nitrogens with one attached hydrogen (secondary N) is 1. The number of aryl methyl sites for hydroxylation is 2. The third-order valence-electron chi connectivity index (χ3n) is 5.13. The van der Waals surface area contributed by atoms with Crippen LogP contribution >= 0.6 is 11.3 Å². The molecule has 2 aromatic rings. The van der Waals surface area contributed by atoms with E-state index in [0.717, 1.165) is 56.7 Å². The normalized spacial score (nSPS) is 17.0. The van der Waals surface area contributed by atoms with E-state index < -0.39 is 5.91 Å². The number of carbonyl (C=O) groups excluding carboxylic acids is 2. The molecule has 3 N–H and O–H groups in total. The lowest BCUT2D eigenvalue weighted by Gasteiger charge is -2.31. The number of rotatable bonds is 5. The summed E-state index contributed by atoms with van der Waals surface area (Å²) in [6.07, 6.45) is 4.90. The van der Waals surface area contributed by atoms with E-state index in [1.807, 2.05) is 0 Å². The van der Waals surface area contributed by atoms with Gasteiger partial charge in [0.1, 0.15) is 0 Å². The molecule has 1 aliphatic carbocycles. The molecular formula is C18H22N6O2S. The Kier molecular flexibility index (Phi) is 5.02. The van der Waals surface area contributed by atoms with Crippen LogP contribution in [0.1, 0.15) is 36.2 Å². The molecule has 0 spiro atoms. The highest BCUT2D eigenvalue weighted by Crippen LogP contribution is 2.27. The van der Waals surface area contributed by atoms with Gasteiger partial charge in [-0.25, -0.2) is 4.98 Å². The summed E-state index contributed by atoms with van der Waals surface area (Å²) >= 11 is 1.31. The van der Waals surface area contributed by atoms with Crippen molar-refractivity contribution in [3.63, 3.8) is 0 Å². The van der Waals surface area contributed by atoms with Gasteiger partial charge in [-0.15, -0.1) is 16.4 Å². The average molecular weight is 386 g/mol. The van der Waals surface area contributed by atoms with Gasteiger partial charge in [0.25, 0.3) is 0 Å². The Balaban J connectivity index is 1.31. The van der Waals surface area contributed by atoms with Crippen molar-refractivity contribution in [2.24, 2.45) is 11.7 Å². The summed E-state index contributed by atoms with van der Waals surface area (Å²) in [4.78, 5) is 29.9. The number of aromatic nitrogens is 3. The minimum Gasteiger partial charge on any atom is -0.369 e. The smallest absolute Gasteiger partial charge is 0.229 e. The fourth-order valence-corrected chi connectivity index (χ4v) is 4.39. The van der Waals surface area contributed by atoms with E-state index in [2.05, 4.69) is 31.5 Å². The molecule has 27 heavy (non-hydrogen) atoms. The first-order valence-electron chi connectivity index (χ1n) is 9.22. The molecule has 2 amide bonds. The second-order valence-electron chi connectivity index (χ2n) is 7.07. The quantitative estimate of drug-likeness (QED) is 0.801. The van der Waals surface area contributed by atoms with Crippen LogP contribution in [0.2, 0.25) is 0 Å². The van der Waals surface area contributed by atoms with Crippen molar-refractivity contribution in [2.45, 2.75) is 38.5 Å². The summed E-state index contributed by atoms with van der Waals surface area (Å²) in [5.74, 6) is 0.424. The summed E-state index contributed by atoms with van der Waals surface area (Å²) < 4.78 is 0. The first kappa shape index (κ1) is 17.8. The molecule has 0 atom stereocenters. The van der Waals surface area contributed by atoms with E-state index in [0.29, 0.717) is 10.8 Å². The monoisotopic (exact) mass is 386 g/mol. The van der Waals surface area contributed by atoms with Crippen LogP contribution in [0.4, 0.5) is 10.9 Å². The Morgan fingerprint density at radius 3 is 2.85 bits per heavy atom. The number of nitrogens with two attached hydrogens (primary N) is 1. The van der Waals surface area contributed by atoms with Crippen molar-refractivity contribution in [1.29, 1.82) is 0 Å². The third-order valence-corrected chi connectivity index (χ3v) is 5.94. The van der Waals surface area contributed by atoms with Crippen molar-refractivity contribution < 1.29 is 9.59 Å². The van der Waals surface area contributed by atoms with Gasteiger partial charge < -0.3 is 16.0 Å². The fraction of sp³-hybridized carbons (Fsp3) is 0.500. The van der Waals surface area contributed by atoms with E-state index in [1.54, 1.807) is 5.38 Å². The van der Waals surface area contributed by atoms with Crippen LogP contribution in [-0.2, 0) is 28.9 Å². The molecule has 0 radical (unpaired) electrons. The van der Waals surface area contributed by atoms with Gasteiger partial charge in [0, 0.05) is 24.4 Å². The number of fused-ring (bicyclic) bond motifs is 1. The van der Waals surface area contributed by atoms with Crippen molar-refractivity contribution in [1.82, 2.24) is 15.2 Å². The average Bonchev–Trinajstić information content (AvgIpc) is 3.30. The molecular weight excluding hydrogens is 364 g/mol. The van der Waals surface area contributed by atoms with Gasteiger partial charge in [-0.3, -0.25) is 9.59 Å². The first-order valence-corrected chi connectivity index (χ1v) is 10.1. The molecule has 1 fully saturated rings. The maximum atomic E-state index is 12.5. The number of thiazole rings is 1. The highest BCUT2D eigenvalue weighted by Gasteiger charge is 2.27.